The van der Waals surface area contributed by atoms with Crippen molar-refractivity contribution in [3.8, 4) is 11.5 Å². The smallest absolute Gasteiger partial charge is 0.326 e. The number of carbonyl (C=O) groups excluding carboxylic acids is 2. The highest BCUT2D eigenvalue weighted by molar-refractivity contribution is 7.16. The van der Waals surface area contributed by atoms with Gasteiger partial charge >= 0.3 is 5.97 Å². The number of thiazole rings is 1. The summed E-state index contributed by atoms with van der Waals surface area (Å²) in [4.78, 5) is 30.0. The van der Waals surface area contributed by atoms with Crippen LogP contribution in [0.3, 0.4) is 0 Å². The molecule has 7 heteroatoms. The molecule has 162 valence electrons. The Kier molecular flexibility index (Phi) is 6.47. The zero-order chi connectivity index (χ0) is 22.5. The van der Waals surface area contributed by atoms with Crippen LogP contribution in [0.2, 0.25) is 0 Å². The van der Waals surface area contributed by atoms with Crippen molar-refractivity contribution in [2.24, 2.45) is 4.99 Å². The minimum atomic E-state index is -0.412. The molecule has 1 amide bonds. The van der Waals surface area contributed by atoms with Crippen LogP contribution in [0.5, 0.6) is 11.5 Å². The van der Waals surface area contributed by atoms with Crippen molar-refractivity contribution in [3.63, 3.8) is 0 Å². The maximum atomic E-state index is 13.0. The normalized spacial score (nSPS) is 11.5. The van der Waals surface area contributed by atoms with Gasteiger partial charge in [0, 0.05) is 5.56 Å². The molecule has 4 aromatic rings. The molecule has 0 aliphatic carbocycles. The van der Waals surface area contributed by atoms with Crippen molar-refractivity contribution in [3.05, 3.63) is 88.7 Å². The summed E-state index contributed by atoms with van der Waals surface area (Å²) in [7, 11) is 0. The number of para-hydroxylation sites is 2. The number of hydrogen-bond donors (Lipinski definition) is 0. The molecule has 0 aliphatic rings. The van der Waals surface area contributed by atoms with Crippen LogP contribution in [0.4, 0.5) is 0 Å². The largest absolute Gasteiger partial charge is 0.465 e. The summed E-state index contributed by atoms with van der Waals surface area (Å²) in [5, 5.41) is 0. The van der Waals surface area contributed by atoms with Gasteiger partial charge in [-0.1, -0.05) is 47.7 Å². The Hall–Kier alpha value is -3.71. The average molecular weight is 447 g/mol. The Balaban J connectivity index is 1.71. The quantitative estimate of drug-likeness (QED) is 0.386. The van der Waals surface area contributed by atoms with E-state index in [1.54, 1.807) is 35.8 Å². The van der Waals surface area contributed by atoms with Crippen molar-refractivity contribution >= 4 is 33.4 Å². The molecule has 0 saturated carbocycles. The van der Waals surface area contributed by atoms with Gasteiger partial charge in [0.1, 0.15) is 18.0 Å². The third-order valence-corrected chi connectivity index (χ3v) is 5.80. The second kappa shape index (κ2) is 9.62. The number of amides is 1. The molecule has 4 rings (SSSR count). The summed E-state index contributed by atoms with van der Waals surface area (Å²) in [5.41, 5.74) is 2.27. The van der Waals surface area contributed by atoms with E-state index in [1.165, 1.54) is 11.3 Å². The van der Waals surface area contributed by atoms with E-state index in [4.69, 9.17) is 9.47 Å². The fraction of sp³-hybridized carbons (Fsp3) is 0.160. The van der Waals surface area contributed by atoms with Gasteiger partial charge in [0.2, 0.25) is 0 Å². The molecule has 0 fully saturated rings. The second-order valence-corrected chi connectivity index (χ2v) is 8.07. The lowest BCUT2D eigenvalue weighted by atomic mass is 10.2. The summed E-state index contributed by atoms with van der Waals surface area (Å²) < 4.78 is 13.6. The fourth-order valence-corrected chi connectivity index (χ4v) is 4.45. The molecule has 0 atom stereocenters. The van der Waals surface area contributed by atoms with E-state index in [2.05, 4.69) is 4.99 Å². The Bertz CT molecular complexity index is 1340. The van der Waals surface area contributed by atoms with E-state index < -0.39 is 5.91 Å². The topological polar surface area (TPSA) is 69.9 Å². The van der Waals surface area contributed by atoms with Crippen LogP contribution >= 0.6 is 11.3 Å². The minimum absolute atomic E-state index is 0.0119. The first-order chi connectivity index (χ1) is 15.5. The van der Waals surface area contributed by atoms with Crippen LogP contribution in [0.15, 0.2) is 77.8 Å². The summed E-state index contributed by atoms with van der Waals surface area (Å²) >= 11 is 1.36. The number of esters is 1. The summed E-state index contributed by atoms with van der Waals surface area (Å²) in [6, 6.07) is 22.1. The Morgan fingerprint density at radius 1 is 0.969 bits per heavy atom. The molecule has 0 aliphatic heterocycles. The van der Waals surface area contributed by atoms with Gasteiger partial charge in [-0.05, 0) is 55.8 Å². The Labute approximate surface area is 189 Å². The first-order valence-electron chi connectivity index (χ1n) is 10.2. The number of ether oxygens (including phenoxy) is 2. The fourth-order valence-electron chi connectivity index (χ4n) is 3.34. The molecule has 0 radical (unpaired) electrons. The number of aromatic nitrogens is 1. The summed E-state index contributed by atoms with van der Waals surface area (Å²) in [6.07, 6.45) is 0. The third kappa shape index (κ3) is 4.78. The van der Waals surface area contributed by atoms with E-state index in [0.717, 1.165) is 15.8 Å². The van der Waals surface area contributed by atoms with E-state index in [-0.39, 0.29) is 12.5 Å². The number of fused-ring (bicyclic) bond motifs is 1. The van der Waals surface area contributed by atoms with Crippen molar-refractivity contribution in [1.82, 2.24) is 4.57 Å². The molecular weight excluding hydrogens is 424 g/mol. The van der Waals surface area contributed by atoms with Crippen LogP contribution < -0.4 is 9.54 Å². The van der Waals surface area contributed by atoms with Gasteiger partial charge in [-0.3, -0.25) is 9.59 Å². The molecule has 0 spiro atoms. The lowest BCUT2D eigenvalue weighted by Crippen LogP contribution is -2.23. The van der Waals surface area contributed by atoms with Gasteiger partial charge in [0.25, 0.3) is 5.91 Å². The average Bonchev–Trinajstić information content (AvgIpc) is 3.12. The Morgan fingerprint density at radius 3 is 2.50 bits per heavy atom. The van der Waals surface area contributed by atoms with Gasteiger partial charge in [-0.25, -0.2) is 0 Å². The first kappa shape index (κ1) is 21.5. The highest BCUT2D eigenvalue weighted by Gasteiger charge is 2.14. The third-order valence-electron chi connectivity index (χ3n) is 4.75. The van der Waals surface area contributed by atoms with Gasteiger partial charge < -0.3 is 14.0 Å². The van der Waals surface area contributed by atoms with Crippen LogP contribution in [-0.4, -0.2) is 23.1 Å². The molecule has 1 heterocycles. The zero-order valence-electron chi connectivity index (χ0n) is 17.8. The number of hydrogen-bond acceptors (Lipinski definition) is 5. The number of nitrogens with zero attached hydrogens (tertiary/aromatic N) is 2. The summed E-state index contributed by atoms with van der Waals surface area (Å²) in [6.45, 7) is 4.01. The second-order valence-electron chi connectivity index (χ2n) is 7.06. The van der Waals surface area contributed by atoms with E-state index >= 15 is 0 Å². The number of aryl methyl sites for hydroxylation is 1. The van der Waals surface area contributed by atoms with Crippen LogP contribution in [0, 0.1) is 6.92 Å². The Morgan fingerprint density at radius 2 is 1.72 bits per heavy atom. The zero-order valence-corrected chi connectivity index (χ0v) is 18.6. The lowest BCUT2D eigenvalue weighted by Gasteiger charge is -2.07. The SMILES string of the molecule is CCOC(=O)Cn1c(=NC(=O)c2cccc(Oc3ccccc3)c2)sc2cccc(C)c21. The molecule has 0 bridgehead atoms. The van der Waals surface area contributed by atoms with Crippen molar-refractivity contribution < 1.29 is 19.1 Å². The number of rotatable bonds is 6. The monoisotopic (exact) mass is 446 g/mol. The molecule has 0 saturated heterocycles. The van der Waals surface area contributed by atoms with Gasteiger partial charge in [0.05, 0.1) is 16.8 Å². The van der Waals surface area contributed by atoms with Crippen LogP contribution in [0.25, 0.3) is 10.2 Å². The molecule has 3 aromatic carbocycles. The lowest BCUT2D eigenvalue weighted by molar-refractivity contribution is -0.143. The predicted molar refractivity (Wildman–Crippen MR) is 124 cm³/mol. The molecular formula is C25H22N2O4S. The maximum absolute atomic E-state index is 13.0. The molecule has 1 aromatic heterocycles. The van der Waals surface area contributed by atoms with E-state index in [1.807, 2.05) is 55.5 Å². The molecule has 0 N–H and O–H groups in total. The highest BCUT2D eigenvalue weighted by Crippen LogP contribution is 2.23. The van der Waals surface area contributed by atoms with Crippen LogP contribution in [0.1, 0.15) is 22.8 Å². The van der Waals surface area contributed by atoms with Gasteiger partial charge in [-0.15, -0.1) is 0 Å². The van der Waals surface area contributed by atoms with Crippen molar-refractivity contribution in [1.29, 1.82) is 0 Å². The van der Waals surface area contributed by atoms with Crippen LogP contribution in [-0.2, 0) is 16.1 Å². The standard InChI is InChI=1S/C25H22N2O4S/c1-3-30-22(28)16-27-23-17(2)9-7-14-21(23)32-25(27)26-24(29)18-10-8-13-20(15-18)31-19-11-5-4-6-12-19/h4-15H,3,16H2,1-2H3. The van der Waals surface area contributed by atoms with Crippen molar-refractivity contribution in [2.45, 2.75) is 20.4 Å². The highest BCUT2D eigenvalue weighted by atomic mass is 32.1. The number of carbonyl (C=O) groups is 2. The van der Waals surface area contributed by atoms with E-state index in [0.29, 0.717) is 28.5 Å². The molecule has 0 unspecified atom stereocenters. The maximum Gasteiger partial charge on any atom is 0.326 e. The number of benzene rings is 3. The van der Waals surface area contributed by atoms with Crippen molar-refractivity contribution in [2.75, 3.05) is 6.61 Å². The summed E-state index contributed by atoms with van der Waals surface area (Å²) in [5.74, 6) is 0.443. The molecule has 6 nitrogen and oxygen atoms in total. The molecule has 32 heavy (non-hydrogen) atoms. The minimum Gasteiger partial charge on any atom is -0.465 e. The first-order valence-corrected chi connectivity index (χ1v) is 11.0. The van der Waals surface area contributed by atoms with E-state index in [9.17, 15) is 9.59 Å². The van der Waals surface area contributed by atoms with Gasteiger partial charge in [0.15, 0.2) is 4.80 Å². The predicted octanol–water partition coefficient (Wildman–Crippen LogP) is 5.11. The van der Waals surface area contributed by atoms with Gasteiger partial charge in [-0.2, -0.15) is 4.99 Å².